The fraction of sp³-hybridized carbons (Fsp3) is 0.333. The quantitative estimate of drug-likeness (QED) is 0.787. The largest absolute Gasteiger partial charge is 0.370 e. The molecule has 3 N–H and O–H groups in total. The Balaban J connectivity index is 2.00. The number of nitrogens with two attached hydrogens (primary N) is 1. The number of primary amides is 1. The van der Waals surface area contributed by atoms with Gasteiger partial charge in [0.2, 0.25) is 5.91 Å². The number of fused-ring (bicyclic) bond motifs is 1. The van der Waals surface area contributed by atoms with E-state index in [0.29, 0.717) is 24.7 Å². The number of rotatable bonds is 5. The van der Waals surface area contributed by atoms with Crippen LogP contribution in [0.1, 0.15) is 12.1 Å². The molecule has 7 heteroatoms. The zero-order valence-electron chi connectivity index (χ0n) is 8.44. The molecule has 0 atom stereocenters. The van der Waals surface area contributed by atoms with Crippen molar-refractivity contribution in [3.05, 3.63) is 22.4 Å². The molecule has 0 aliphatic heterocycles. The number of nitrogens with one attached hydrogen (secondary N) is 1. The van der Waals surface area contributed by atoms with Crippen LogP contribution in [0.3, 0.4) is 0 Å². The molecule has 86 valence electrons. The van der Waals surface area contributed by atoms with Crippen LogP contribution < -0.4 is 11.1 Å². The minimum Gasteiger partial charge on any atom is -0.370 e. The Bertz CT molecular complexity index is 507. The minimum absolute atomic E-state index is 0.312. The molecule has 2 aromatic heterocycles. The Hall–Kier alpha value is -1.11. The Morgan fingerprint density at radius 2 is 2.50 bits per heavy atom. The summed E-state index contributed by atoms with van der Waals surface area (Å²) in [4.78, 5) is 15.6. The monoisotopic (exact) mass is 258 g/mol. The van der Waals surface area contributed by atoms with Crippen LogP contribution in [0, 0.1) is 0 Å². The molecule has 1 amide bonds. The highest BCUT2D eigenvalue weighted by molar-refractivity contribution is 7.15. The molecule has 5 nitrogen and oxygen atoms in total. The summed E-state index contributed by atoms with van der Waals surface area (Å²) in [5.74, 6) is -0.312. The Labute approximate surface area is 101 Å². The van der Waals surface area contributed by atoms with Crippen LogP contribution in [-0.2, 0) is 11.3 Å². The first kappa shape index (κ1) is 11.4. The lowest BCUT2D eigenvalue weighted by molar-refractivity contribution is -0.117. The molecule has 2 rings (SSSR count). The average Bonchev–Trinajstić information content (AvgIpc) is 2.74. The van der Waals surface area contributed by atoms with Crippen LogP contribution in [0.2, 0.25) is 5.15 Å². The number of imidazole rings is 1. The summed E-state index contributed by atoms with van der Waals surface area (Å²) >= 11 is 7.53. The van der Waals surface area contributed by atoms with Gasteiger partial charge in [0.05, 0.1) is 5.69 Å². The molecule has 0 saturated heterocycles. The number of carbonyl (C=O) groups is 1. The molecule has 0 spiro atoms. The summed E-state index contributed by atoms with van der Waals surface area (Å²) in [7, 11) is 0. The Kier molecular flexibility index (Phi) is 3.42. The maximum atomic E-state index is 10.5. The van der Waals surface area contributed by atoms with E-state index in [2.05, 4.69) is 10.3 Å². The van der Waals surface area contributed by atoms with E-state index in [9.17, 15) is 4.79 Å². The van der Waals surface area contributed by atoms with Crippen molar-refractivity contribution in [2.75, 3.05) is 6.54 Å². The summed E-state index contributed by atoms with van der Waals surface area (Å²) in [5, 5.41) is 5.55. The van der Waals surface area contributed by atoms with E-state index < -0.39 is 0 Å². The number of amides is 1. The van der Waals surface area contributed by atoms with Crippen molar-refractivity contribution in [3.8, 4) is 0 Å². The van der Waals surface area contributed by atoms with Gasteiger partial charge in [0, 0.05) is 31.1 Å². The van der Waals surface area contributed by atoms with E-state index in [-0.39, 0.29) is 5.91 Å². The Morgan fingerprint density at radius 1 is 1.69 bits per heavy atom. The van der Waals surface area contributed by atoms with Gasteiger partial charge in [0.15, 0.2) is 10.1 Å². The van der Waals surface area contributed by atoms with E-state index in [4.69, 9.17) is 17.3 Å². The first-order chi connectivity index (χ1) is 7.68. The zero-order valence-corrected chi connectivity index (χ0v) is 10.0. The van der Waals surface area contributed by atoms with Crippen LogP contribution >= 0.6 is 22.9 Å². The molecule has 0 radical (unpaired) electrons. The van der Waals surface area contributed by atoms with Gasteiger partial charge < -0.3 is 11.1 Å². The third-order valence-corrected chi connectivity index (χ3v) is 3.21. The summed E-state index contributed by atoms with van der Waals surface area (Å²) in [6, 6.07) is 0. The van der Waals surface area contributed by atoms with Gasteiger partial charge >= 0.3 is 0 Å². The molecule has 16 heavy (non-hydrogen) atoms. The van der Waals surface area contributed by atoms with Gasteiger partial charge in [-0.1, -0.05) is 11.6 Å². The van der Waals surface area contributed by atoms with Crippen molar-refractivity contribution in [1.29, 1.82) is 0 Å². The predicted molar refractivity (Wildman–Crippen MR) is 63.6 cm³/mol. The number of thiazole rings is 1. The fourth-order valence-electron chi connectivity index (χ4n) is 1.38. The predicted octanol–water partition coefficient (Wildman–Crippen LogP) is 1.01. The second-order valence-corrected chi connectivity index (χ2v) is 4.53. The Morgan fingerprint density at radius 3 is 3.25 bits per heavy atom. The molecular weight excluding hydrogens is 248 g/mol. The van der Waals surface area contributed by atoms with Gasteiger partial charge in [-0.2, -0.15) is 0 Å². The standard InChI is InChI=1S/C9H11ClN4OS/c10-8-6(5-12-2-1-7(11)15)14-3-4-16-9(14)13-8/h3-4,12H,1-2,5H2,(H2,11,15). The fourth-order valence-corrected chi connectivity index (χ4v) is 2.40. The summed E-state index contributed by atoms with van der Waals surface area (Å²) < 4.78 is 1.93. The molecule has 0 aliphatic carbocycles. The van der Waals surface area contributed by atoms with Crippen LogP contribution in [0.25, 0.3) is 4.96 Å². The second kappa shape index (κ2) is 4.82. The molecule has 0 unspecified atom stereocenters. The molecule has 2 aromatic rings. The molecule has 0 aromatic carbocycles. The molecule has 0 fully saturated rings. The number of hydrogen-bond donors (Lipinski definition) is 2. The maximum Gasteiger partial charge on any atom is 0.218 e. The first-order valence-electron chi connectivity index (χ1n) is 4.77. The smallest absolute Gasteiger partial charge is 0.218 e. The van der Waals surface area contributed by atoms with Crippen molar-refractivity contribution in [2.24, 2.45) is 5.73 Å². The van der Waals surface area contributed by atoms with Crippen LogP contribution in [-0.4, -0.2) is 21.8 Å². The number of halogens is 1. The third kappa shape index (κ3) is 2.34. The summed E-state index contributed by atoms with van der Waals surface area (Å²) in [5.41, 5.74) is 5.94. The van der Waals surface area contributed by atoms with Gasteiger partial charge in [-0.3, -0.25) is 9.20 Å². The number of aromatic nitrogens is 2. The normalized spacial score (nSPS) is 11.1. The zero-order chi connectivity index (χ0) is 11.5. The van der Waals surface area contributed by atoms with Crippen LogP contribution in [0.4, 0.5) is 0 Å². The first-order valence-corrected chi connectivity index (χ1v) is 6.03. The second-order valence-electron chi connectivity index (χ2n) is 3.30. The molecule has 0 saturated carbocycles. The minimum atomic E-state index is -0.312. The average molecular weight is 259 g/mol. The SMILES string of the molecule is NC(=O)CCNCc1c(Cl)nc2sccn12. The van der Waals surface area contributed by atoms with E-state index in [1.807, 2.05) is 16.0 Å². The topological polar surface area (TPSA) is 72.4 Å². The lowest BCUT2D eigenvalue weighted by Gasteiger charge is -2.02. The van der Waals surface area contributed by atoms with Crippen molar-refractivity contribution in [1.82, 2.24) is 14.7 Å². The van der Waals surface area contributed by atoms with E-state index in [1.54, 1.807) is 0 Å². The van der Waals surface area contributed by atoms with Crippen molar-refractivity contribution in [3.63, 3.8) is 0 Å². The molecule has 0 bridgehead atoms. The van der Waals surface area contributed by atoms with Gasteiger partial charge in [-0.05, 0) is 0 Å². The highest BCUT2D eigenvalue weighted by Gasteiger charge is 2.10. The van der Waals surface area contributed by atoms with E-state index in [0.717, 1.165) is 10.7 Å². The van der Waals surface area contributed by atoms with E-state index >= 15 is 0 Å². The lowest BCUT2D eigenvalue weighted by Crippen LogP contribution is -2.22. The van der Waals surface area contributed by atoms with Crippen LogP contribution in [0.5, 0.6) is 0 Å². The van der Waals surface area contributed by atoms with Crippen molar-refractivity contribution in [2.45, 2.75) is 13.0 Å². The van der Waals surface area contributed by atoms with Crippen molar-refractivity contribution >= 4 is 33.8 Å². The van der Waals surface area contributed by atoms with Gasteiger partial charge in [0.25, 0.3) is 0 Å². The van der Waals surface area contributed by atoms with Gasteiger partial charge in [-0.25, -0.2) is 4.98 Å². The van der Waals surface area contributed by atoms with Gasteiger partial charge in [-0.15, -0.1) is 11.3 Å². The summed E-state index contributed by atoms with van der Waals surface area (Å²) in [6.45, 7) is 1.12. The number of hydrogen-bond acceptors (Lipinski definition) is 4. The highest BCUT2D eigenvalue weighted by Crippen LogP contribution is 2.20. The van der Waals surface area contributed by atoms with Gasteiger partial charge in [0.1, 0.15) is 0 Å². The number of carbonyl (C=O) groups excluding carboxylic acids is 1. The molecular formula is C9H11ClN4OS. The van der Waals surface area contributed by atoms with Crippen LogP contribution in [0.15, 0.2) is 11.6 Å². The summed E-state index contributed by atoms with van der Waals surface area (Å²) in [6.07, 6.45) is 2.24. The maximum absolute atomic E-state index is 10.5. The van der Waals surface area contributed by atoms with Crippen molar-refractivity contribution < 1.29 is 4.79 Å². The third-order valence-electron chi connectivity index (χ3n) is 2.15. The highest BCUT2D eigenvalue weighted by atomic mass is 35.5. The molecule has 0 aliphatic rings. The molecule has 2 heterocycles. The number of nitrogens with zero attached hydrogens (tertiary/aromatic N) is 2. The lowest BCUT2D eigenvalue weighted by atomic mass is 10.4. The van der Waals surface area contributed by atoms with E-state index in [1.165, 1.54) is 11.3 Å².